The maximum Gasteiger partial charge on any atom is 0.306 e. The van der Waals surface area contributed by atoms with Crippen LogP contribution in [-0.4, -0.2) is 30.8 Å². The summed E-state index contributed by atoms with van der Waals surface area (Å²) in [6.07, 6.45) is 0.840. The minimum absolute atomic E-state index is 0.0349. The molecule has 0 saturated carbocycles. The van der Waals surface area contributed by atoms with Gasteiger partial charge in [-0.15, -0.1) is 0 Å². The molecule has 0 radical (unpaired) electrons. The topological polar surface area (TPSA) is 105 Å². The number of carboxylic acid groups (broad SMARTS) is 1. The average molecular weight is 361 g/mol. The van der Waals surface area contributed by atoms with Gasteiger partial charge in [-0.2, -0.15) is 5.10 Å². The number of benzene rings is 1. The van der Waals surface area contributed by atoms with Gasteiger partial charge in [0.25, 0.3) is 0 Å². The Balaban J connectivity index is 2.28. The summed E-state index contributed by atoms with van der Waals surface area (Å²) in [5.74, 6) is -4.15. The lowest BCUT2D eigenvalue weighted by atomic mass is 10.1. The minimum Gasteiger partial charge on any atom is -0.511 e. The van der Waals surface area contributed by atoms with Gasteiger partial charge in [0.05, 0.1) is 11.6 Å². The highest BCUT2D eigenvalue weighted by molar-refractivity contribution is 5.71. The molecule has 2 N–H and O–H groups in total. The second-order valence-corrected chi connectivity index (χ2v) is 5.81. The number of rotatable bonds is 4. The Morgan fingerprint density at radius 1 is 1.19 bits per heavy atom. The monoisotopic (exact) mass is 361 g/mol. The van der Waals surface area contributed by atoms with Crippen molar-refractivity contribution in [2.24, 2.45) is 5.92 Å². The summed E-state index contributed by atoms with van der Waals surface area (Å²) in [6, 6.07) is 3.83. The molecule has 9 heteroatoms. The summed E-state index contributed by atoms with van der Waals surface area (Å²) < 4.78 is 28.2. The second-order valence-electron chi connectivity index (χ2n) is 5.81. The van der Waals surface area contributed by atoms with Gasteiger partial charge in [-0.05, 0) is 12.1 Å². The molecule has 1 unspecified atom stereocenters. The van der Waals surface area contributed by atoms with E-state index in [9.17, 15) is 23.5 Å². The number of nitrogens with zero attached hydrogens (tertiary/aromatic N) is 3. The molecule has 2 heterocycles. The van der Waals surface area contributed by atoms with Crippen molar-refractivity contribution in [2.45, 2.75) is 13.3 Å². The molecule has 0 aliphatic carbocycles. The maximum absolute atomic E-state index is 13.5. The Labute approximate surface area is 144 Å². The Bertz CT molecular complexity index is 1110. The van der Waals surface area contributed by atoms with Crippen molar-refractivity contribution in [3.8, 4) is 11.3 Å². The third-order valence-electron chi connectivity index (χ3n) is 3.88. The molecule has 0 saturated heterocycles. The van der Waals surface area contributed by atoms with Gasteiger partial charge in [-0.3, -0.25) is 9.59 Å². The summed E-state index contributed by atoms with van der Waals surface area (Å²) in [6.45, 7) is 1.38. The van der Waals surface area contributed by atoms with E-state index in [0.717, 1.165) is 29.0 Å². The smallest absolute Gasteiger partial charge is 0.306 e. The van der Waals surface area contributed by atoms with Crippen LogP contribution in [0.5, 0.6) is 0 Å². The van der Waals surface area contributed by atoms with Crippen molar-refractivity contribution in [1.29, 1.82) is 0 Å². The maximum atomic E-state index is 13.5. The molecular formula is C17H13F2N3O4. The van der Waals surface area contributed by atoms with Crippen molar-refractivity contribution in [1.82, 2.24) is 14.6 Å². The second kappa shape index (κ2) is 6.51. The largest absolute Gasteiger partial charge is 0.511 e. The number of aliphatic hydroxyl groups excluding tert-OH is 1. The zero-order chi connectivity index (χ0) is 19.0. The quantitative estimate of drug-likeness (QED) is 0.730. The summed E-state index contributed by atoms with van der Waals surface area (Å²) in [7, 11) is 0. The lowest BCUT2D eigenvalue weighted by Gasteiger charge is -2.08. The van der Waals surface area contributed by atoms with E-state index in [0.29, 0.717) is 6.07 Å². The Morgan fingerprint density at radius 3 is 2.46 bits per heavy atom. The fraction of sp³-hybridized carbons (Fsp3) is 0.176. The van der Waals surface area contributed by atoms with Gasteiger partial charge in [0.2, 0.25) is 0 Å². The van der Waals surface area contributed by atoms with E-state index in [2.05, 4.69) is 10.1 Å². The van der Waals surface area contributed by atoms with E-state index >= 15 is 0 Å². The van der Waals surface area contributed by atoms with Gasteiger partial charge < -0.3 is 10.2 Å². The van der Waals surface area contributed by atoms with E-state index in [1.807, 2.05) is 0 Å². The Hall–Kier alpha value is -3.36. The summed E-state index contributed by atoms with van der Waals surface area (Å²) >= 11 is 0. The normalized spacial score (nSPS) is 13.7. The zero-order valence-corrected chi connectivity index (χ0v) is 13.5. The highest BCUT2D eigenvalue weighted by Gasteiger charge is 2.18. The fourth-order valence-corrected chi connectivity index (χ4v) is 2.61. The summed E-state index contributed by atoms with van der Waals surface area (Å²) in [4.78, 5) is 27.4. The first-order valence-electron chi connectivity index (χ1n) is 7.56. The SMILES string of the molecule is CC(CC(O)=c1c(=O)cc(-c2cc(F)cc(F)c2)n2ncnc12)C(=O)O. The van der Waals surface area contributed by atoms with Crippen LogP contribution in [0.1, 0.15) is 13.3 Å². The highest BCUT2D eigenvalue weighted by Crippen LogP contribution is 2.20. The first kappa shape index (κ1) is 17.5. The van der Waals surface area contributed by atoms with Crippen LogP contribution in [-0.2, 0) is 4.79 Å². The van der Waals surface area contributed by atoms with Crippen molar-refractivity contribution >= 4 is 17.4 Å². The molecule has 0 aliphatic heterocycles. The van der Waals surface area contributed by atoms with Crippen LogP contribution < -0.4 is 10.6 Å². The number of carbonyl (C=O) groups is 1. The van der Waals surface area contributed by atoms with Crippen LogP contribution in [0.25, 0.3) is 22.7 Å². The number of aromatic nitrogens is 3. The number of fused-ring (bicyclic) bond motifs is 1. The predicted octanol–water partition coefficient (Wildman–Crippen LogP) is 1.53. The molecule has 134 valence electrons. The fourth-order valence-electron chi connectivity index (χ4n) is 2.61. The predicted molar refractivity (Wildman–Crippen MR) is 87.3 cm³/mol. The summed E-state index contributed by atoms with van der Waals surface area (Å²) in [5, 5.41) is 22.9. The Kier molecular flexibility index (Phi) is 4.37. The molecule has 1 atom stereocenters. The van der Waals surface area contributed by atoms with E-state index in [-0.39, 0.29) is 28.5 Å². The van der Waals surface area contributed by atoms with E-state index in [1.54, 1.807) is 0 Å². The van der Waals surface area contributed by atoms with Crippen molar-refractivity contribution in [3.63, 3.8) is 0 Å². The molecule has 2 aromatic heterocycles. The number of carboxylic acids is 1. The number of hydrogen-bond donors (Lipinski definition) is 2. The number of aliphatic carboxylic acids is 1. The molecule has 0 aliphatic rings. The van der Waals surface area contributed by atoms with Crippen LogP contribution in [0.2, 0.25) is 0 Å². The molecule has 3 rings (SSSR count). The lowest BCUT2D eigenvalue weighted by Crippen LogP contribution is -2.31. The highest BCUT2D eigenvalue weighted by atomic mass is 19.1. The van der Waals surface area contributed by atoms with Crippen molar-refractivity contribution in [3.05, 3.63) is 57.7 Å². The molecule has 0 amide bonds. The number of halogens is 2. The van der Waals surface area contributed by atoms with Crippen LogP contribution >= 0.6 is 0 Å². The molecule has 0 spiro atoms. The number of hydrogen-bond acceptors (Lipinski definition) is 5. The van der Waals surface area contributed by atoms with Gasteiger partial charge in [0.1, 0.15) is 28.9 Å². The zero-order valence-electron chi connectivity index (χ0n) is 13.5. The van der Waals surface area contributed by atoms with Gasteiger partial charge in [0, 0.05) is 24.1 Å². The third kappa shape index (κ3) is 3.10. The standard InChI is InChI=1S/C17H13F2N3O4/c1-8(17(25)26)2-13(23)15-14(24)6-12(22-16(15)20-7-21-22)9-3-10(18)5-11(19)4-9/h3-8,23H,2H2,1H3,(H,25,26). The molecule has 0 fully saturated rings. The van der Waals surface area contributed by atoms with Crippen LogP contribution in [0.15, 0.2) is 35.4 Å². The van der Waals surface area contributed by atoms with Gasteiger partial charge >= 0.3 is 5.97 Å². The van der Waals surface area contributed by atoms with Crippen LogP contribution in [0.3, 0.4) is 0 Å². The van der Waals surface area contributed by atoms with E-state index in [1.165, 1.54) is 6.92 Å². The van der Waals surface area contributed by atoms with E-state index in [4.69, 9.17) is 5.11 Å². The number of aliphatic hydroxyl groups is 1. The molecule has 26 heavy (non-hydrogen) atoms. The van der Waals surface area contributed by atoms with Crippen molar-refractivity contribution < 1.29 is 23.8 Å². The van der Waals surface area contributed by atoms with Crippen molar-refractivity contribution in [2.75, 3.05) is 0 Å². The third-order valence-corrected chi connectivity index (χ3v) is 3.88. The molecule has 0 bridgehead atoms. The first-order chi connectivity index (χ1) is 12.3. The molecular weight excluding hydrogens is 348 g/mol. The van der Waals surface area contributed by atoms with E-state index < -0.39 is 34.7 Å². The summed E-state index contributed by atoms with van der Waals surface area (Å²) in [5.41, 5.74) is -0.545. The molecule has 7 nitrogen and oxygen atoms in total. The Morgan fingerprint density at radius 2 is 1.85 bits per heavy atom. The lowest BCUT2D eigenvalue weighted by molar-refractivity contribution is -0.141. The average Bonchev–Trinajstić information content (AvgIpc) is 3.01. The number of pyridine rings is 1. The first-order valence-corrected chi connectivity index (χ1v) is 7.56. The molecule has 1 aromatic carbocycles. The van der Waals surface area contributed by atoms with Gasteiger partial charge in [0.15, 0.2) is 11.1 Å². The van der Waals surface area contributed by atoms with Gasteiger partial charge in [-0.1, -0.05) is 6.92 Å². The minimum atomic E-state index is -1.13. The molecule has 3 aromatic rings. The van der Waals surface area contributed by atoms with Crippen LogP contribution in [0.4, 0.5) is 8.78 Å². The van der Waals surface area contributed by atoms with Crippen LogP contribution in [0, 0.1) is 17.6 Å². The van der Waals surface area contributed by atoms with Gasteiger partial charge in [-0.25, -0.2) is 18.3 Å².